The fraction of sp³-hybridized carbons (Fsp3) is 0.643. The number of aromatic nitrogens is 1. The minimum absolute atomic E-state index is 0.115. The summed E-state index contributed by atoms with van der Waals surface area (Å²) in [6, 6.07) is 4.44. The molecular weight excluding hydrogens is 214 g/mol. The lowest BCUT2D eigenvalue weighted by Gasteiger charge is -2.19. The summed E-state index contributed by atoms with van der Waals surface area (Å²) >= 11 is 0. The minimum Gasteiger partial charge on any atom is -0.466 e. The van der Waals surface area contributed by atoms with Crippen molar-refractivity contribution in [3.8, 4) is 0 Å². The van der Waals surface area contributed by atoms with E-state index in [9.17, 15) is 4.79 Å². The largest absolute Gasteiger partial charge is 0.466 e. The van der Waals surface area contributed by atoms with Gasteiger partial charge in [0.15, 0.2) is 0 Å². The van der Waals surface area contributed by atoms with Crippen LogP contribution in [-0.4, -0.2) is 17.1 Å². The molecule has 1 atom stereocenters. The van der Waals surface area contributed by atoms with Crippen LogP contribution in [0.4, 0.5) is 0 Å². The first kappa shape index (κ1) is 13.8. The zero-order chi connectivity index (χ0) is 12.8. The summed E-state index contributed by atoms with van der Waals surface area (Å²) in [5.74, 6) is -0.115. The quantitative estimate of drug-likeness (QED) is 0.711. The lowest BCUT2D eigenvalue weighted by molar-refractivity contribution is -0.143. The second-order valence-electron chi connectivity index (χ2n) is 4.44. The summed E-state index contributed by atoms with van der Waals surface area (Å²) in [4.78, 5) is 11.5. The van der Waals surface area contributed by atoms with Gasteiger partial charge >= 0.3 is 5.97 Å². The highest BCUT2D eigenvalue weighted by molar-refractivity contribution is 5.69. The summed E-state index contributed by atoms with van der Waals surface area (Å²) in [6.45, 7) is 8.62. The molecule has 1 unspecified atom stereocenters. The van der Waals surface area contributed by atoms with Crippen LogP contribution in [0, 0.1) is 6.92 Å². The van der Waals surface area contributed by atoms with Gasteiger partial charge in [-0.15, -0.1) is 0 Å². The Labute approximate surface area is 104 Å². The lowest BCUT2D eigenvalue weighted by atomic mass is 10.2. The molecule has 0 aromatic carbocycles. The van der Waals surface area contributed by atoms with Crippen molar-refractivity contribution in [3.63, 3.8) is 0 Å². The summed E-state index contributed by atoms with van der Waals surface area (Å²) in [6.07, 6.45) is 2.62. The monoisotopic (exact) mass is 237 g/mol. The summed E-state index contributed by atoms with van der Waals surface area (Å²) in [5.41, 5.74) is 2.52. The Morgan fingerprint density at radius 2 is 2.12 bits per heavy atom. The molecule has 0 saturated carbocycles. The molecule has 0 spiro atoms. The van der Waals surface area contributed by atoms with Crippen LogP contribution in [0.2, 0.25) is 0 Å². The Morgan fingerprint density at radius 3 is 2.71 bits per heavy atom. The molecule has 0 aliphatic carbocycles. The number of hydrogen-bond acceptors (Lipinski definition) is 2. The van der Waals surface area contributed by atoms with Crippen molar-refractivity contribution in [2.45, 2.75) is 53.0 Å². The number of carbonyl (C=O) groups excluding carboxylic acids is 1. The van der Waals surface area contributed by atoms with E-state index < -0.39 is 0 Å². The van der Waals surface area contributed by atoms with E-state index in [2.05, 4.69) is 37.5 Å². The van der Waals surface area contributed by atoms with E-state index in [0.29, 0.717) is 13.0 Å². The van der Waals surface area contributed by atoms with E-state index in [-0.39, 0.29) is 12.0 Å². The van der Waals surface area contributed by atoms with Crippen molar-refractivity contribution < 1.29 is 9.53 Å². The number of carbonyl (C=O) groups is 1. The van der Waals surface area contributed by atoms with E-state index in [0.717, 1.165) is 12.8 Å². The molecule has 0 aliphatic heterocycles. The number of esters is 1. The first-order valence-corrected chi connectivity index (χ1v) is 6.42. The van der Waals surface area contributed by atoms with Gasteiger partial charge in [-0.2, -0.15) is 0 Å². The zero-order valence-electron chi connectivity index (χ0n) is 11.3. The van der Waals surface area contributed by atoms with Gasteiger partial charge in [0.2, 0.25) is 0 Å². The van der Waals surface area contributed by atoms with Crippen LogP contribution in [0.15, 0.2) is 12.1 Å². The molecule has 0 fully saturated rings. The number of nitrogens with zero attached hydrogens (tertiary/aromatic N) is 1. The van der Waals surface area contributed by atoms with Crippen molar-refractivity contribution >= 4 is 5.97 Å². The van der Waals surface area contributed by atoms with Gasteiger partial charge in [0, 0.05) is 17.4 Å². The lowest BCUT2D eigenvalue weighted by Crippen LogP contribution is -2.16. The number of rotatable bonds is 6. The molecule has 3 heteroatoms. The molecule has 0 aliphatic rings. The van der Waals surface area contributed by atoms with E-state index in [1.54, 1.807) is 0 Å². The van der Waals surface area contributed by atoms with E-state index in [1.165, 1.54) is 11.4 Å². The molecule has 1 heterocycles. The standard InChI is InChI=1S/C14H23NO2/c1-5-7-13-9-8-11(3)15(13)12(4)10-14(16)17-6-2/h8-9,12H,5-7,10H2,1-4H3. The van der Waals surface area contributed by atoms with E-state index in [4.69, 9.17) is 4.74 Å². The highest BCUT2D eigenvalue weighted by Gasteiger charge is 2.15. The van der Waals surface area contributed by atoms with Crippen LogP contribution in [-0.2, 0) is 16.0 Å². The summed E-state index contributed by atoms with van der Waals surface area (Å²) < 4.78 is 7.25. The Morgan fingerprint density at radius 1 is 1.41 bits per heavy atom. The summed E-state index contributed by atoms with van der Waals surface area (Å²) in [5, 5.41) is 0. The molecule has 1 aromatic rings. The third-order valence-electron chi connectivity index (χ3n) is 2.92. The van der Waals surface area contributed by atoms with Crippen molar-refractivity contribution in [2.75, 3.05) is 6.61 Å². The number of aryl methyl sites for hydroxylation is 2. The zero-order valence-corrected chi connectivity index (χ0v) is 11.3. The first-order valence-electron chi connectivity index (χ1n) is 6.42. The number of hydrogen-bond donors (Lipinski definition) is 0. The summed E-state index contributed by atoms with van der Waals surface area (Å²) in [7, 11) is 0. The fourth-order valence-electron chi connectivity index (χ4n) is 2.25. The van der Waals surface area contributed by atoms with Crippen molar-refractivity contribution in [1.29, 1.82) is 0 Å². The Kier molecular flexibility index (Phi) is 5.26. The smallest absolute Gasteiger partial charge is 0.307 e. The van der Waals surface area contributed by atoms with Gasteiger partial charge in [-0.3, -0.25) is 4.79 Å². The van der Waals surface area contributed by atoms with Crippen LogP contribution < -0.4 is 0 Å². The molecule has 0 saturated heterocycles. The van der Waals surface area contributed by atoms with Gasteiger partial charge in [0.05, 0.1) is 13.0 Å². The maximum atomic E-state index is 11.5. The topological polar surface area (TPSA) is 31.2 Å². The minimum atomic E-state index is -0.115. The molecule has 1 rings (SSSR count). The average molecular weight is 237 g/mol. The molecule has 17 heavy (non-hydrogen) atoms. The molecule has 3 nitrogen and oxygen atoms in total. The molecule has 0 amide bonds. The predicted octanol–water partition coefficient (Wildman–Crippen LogP) is 3.26. The SMILES string of the molecule is CCCc1ccc(C)n1C(C)CC(=O)OCC. The van der Waals surface area contributed by atoms with Gasteiger partial charge in [-0.1, -0.05) is 13.3 Å². The number of ether oxygens (including phenoxy) is 1. The first-order chi connectivity index (χ1) is 8.10. The molecule has 0 N–H and O–H groups in total. The second kappa shape index (κ2) is 6.48. The Balaban J connectivity index is 2.76. The van der Waals surface area contributed by atoms with Gasteiger partial charge in [0.1, 0.15) is 0 Å². The maximum Gasteiger partial charge on any atom is 0.307 e. The van der Waals surface area contributed by atoms with Crippen molar-refractivity contribution in [2.24, 2.45) is 0 Å². The highest BCUT2D eigenvalue weighted by atomic mass is 16.5. The van der Waals surface area contributed by atoms with Crippen LogP contribution in [0.1, 0.15) is 51.0 Å². The molecule has 0 radical (unpaired) electrons. The normalized spacial score (nSPS) is 12.5. The predicted molar refractivity (Wildman–Crippen MR) is 69.1 cm³/mol. The van der Waals surface area contributed by atoms with E-state index in [1.807, 2.05) is 6.92 Å². The van der Waals surface area contributed by atoms with Crippen LogP contribution in [0.3, 0.4) is 0 Å². The maximum absolute atomic E-state index is 11.5. The van der Waals surface area contributed by atoms with Gasteiger partial charge < -0.3 is 9.30 Å². The highest BCUT2D eigenvalue weighted by Crippen LogP contribution is 2.20. The van der Waals surface area contributed by atoms with E-state index >= 15 is 0 Å². The van der Waals surface area contributed by atoms with Crippen molar-refractivity contribution in [3.05, 3.63) is 23.5 Å². The van der Waals surface area contributed by atoms with Crippen LogP contribution in [0.25, 0.3) is 0 Å². The van der Waals surface area contributed by atoms with Gasteiger partial charge in [-0.25, -0.2) is 0 Å². The Hall–Kier alpha value is -1.25. The third-order valence-corrected chi connectivity index (χ3v) is 2.92. The molecule has 1 aromatic heterocycles. The Bertz CT molecular complexity index is 368. The second-order valence-corrected chi connectivity index (χ2v) is 4.44. The van der Waals surface area contributed by atoms with Gasteiger partial charge in [0.25, 0.3) is 0 Å². The third kappa shape index (κ3) is 3.62. The average Bonchev–Trinajstić information content (AvgIpc) is 2.60. The fourth-order valence-corrected chi connectivity index (χ4v) is 2.25. The van der Waals surface area contributed by atoms with Crippen LogP contribution in [0.5, 0.6) is 0 Å². The molecule has 96 valence electrons. The van der Waals surface area contributed by atoms with Gasteiger partial charge in [-0.05, 0) is 39.3 Å². The van der Waals surface area contributed by atoms with Crippen LogP contribution >= 0.6 is 0 Å². The van der Waals surface area contributed by atoms with Crippen molar-refractivity contribution in [1.82, 2.24) is 4.57 Å². The molecule has 0 bridgehead atoms. The molecular formula is C14H23NO2.